The lowest BCUT2D eigenvalue weighted by Crippen LogP contribution is -2.40. The maximum Gasteiger partial charge on any atom is 0.307 e. The minimum Gasteiger partial charge on any atom is -0.492 e. The van der Waals surface area contributed by atoms with Crippen molar-refractivity contribution in [1.29, 1.82) is 0 Å². The Labute approximate surface area is 161 Å². The summed E-state index contributed by atoms with van der Waals surface area (Å²) in [5.74, 6) is -0.818. The molecule has 27 heavy (non-hydrogen) atoms. The van der Waals surface area contributed by atoms with Gasteiger partial charge >= 0.3 is 5.97 Å². The van der Waals surface area contributed by atoms with Gasteiger partial charge in [0.1, 0.15) is 18.2 Å². The average molecular weight is 392 g/mol. The second-order valence-corrected chi connectivity index (χ2v) is 6.79. The van der Waals surface area contributed by atoms with E-state index in [-0.39, 0.29) is 18.9 Å². The maximum absolute atomic E-state index is 13.2. The van der Waals surface area contributed by atoms with E-state index in [9.17, 15) is 14.0 Å². The van der Waals surface area contributed by atoms with Crippen molar-refractivity contribution < 1.29 is 23.5 Å². The fourth-order valence-electron chi connectivity index (χ4n) is 3.02. The number of carbonyl (C=O) groups is 2. The summed E-state index contributed by atoms with van der Waals surface area (Å²) in [5, 5.41) is 3.44. The standard InChI is InChI=1S/C20H19ClFNO4/c1-26-19(24)10-17(12-2-5-16(22)6-3-12)23-20(25)14-8-13-9-15(21)4-7-18(13)27-11-14/h2-7,9,14,17H,8,10-11H2,1H3,(H,23,25). The van der Waals surface area contributed by atoms with E-state index >= 15 is 0 Å². The predicted molar refractivity (Wildman–Crippen MR) is 98.1 cm³/mol. The van der Waals surface area contributed by atoms with Gasteiger partial charge < -0.3 is 14.8 Å². The fourth-order valence-corrected chi connectivity index (χ4v) is 3.21. The Morgan fingerprint density at radius 2 is 2.04 bits per heavy atom. The molecule has 3 rings (SSSR count). The molecule has 2 aromatic rings. The smallest absolute Gasteiger partial charge is 0.307 e. The molecule has 2 unspecified atom stereocenters. The molecule has 2 aromatic carbocycles. The first-order valence-electron chi connectivity index (χ1n) is 8.50. The second-order valence-electron chi connectivity index (χ2n) is 6.36. The third-order valence-corrected chi connectivity index (χ3v) is 4.72. The minimum atomic E-state index is -0.619. The number of hydrogen-bond donors (Lipinski definition) is 1. The molecule has 1 aliphatic rings. The first-order chi connectivity index (χ1) is 13.0. The van der Waals surface area contributed by atoms with Crippen molar-refractivity contribution >= 4 is 23.5 Å². The van der Waals surface area contributed by atoms with Crippen molar-refractivity contribution in [3.63, 3.8) is 0 Å². The number of halogens is 2. The molecule has 0 aliphatic carbocycles. The number of rotatable bonds is 5. The Kier molecular flexibility index (Phi) is 5.96. The number of hydrogen-bond acceptors (Lipinski definition) is 4. The summed E-state index contributed by atoms with van der Waals surface area (Å²) >= 11 is 6.02. The molecule has 1 amide bonds. The highest BCUT2D eigenvalue weighted by Gasteiger charge is 2.29. The number of benzene rings is 2. The SMILES string of the molecule is COC(=O)CC(NC(=O)C1COc2ccc(Cl)cc2C1)c1ccc(F)cc1. The molecule has 1 heterocycles. The number of nitrogens with one attached hydrogen (secondary N) is 1. The molecule has 0 bridgehead atoms. The Hall–Kier alpha value is -2.60. The van der Waals surface area contributed by atoms with Crippen LogP contribution < -0.4 is 10.1 Å². The van der Waals surface area contributed by atoms with Crippen LogP contribution in [0.25, 0.3) is 0 Å². The zero-order valence-corrected chi connectivity index (χ0v) is 15.5. The van der Waals surface area contributed by atoms with Gasteiger partial charge in [0.2, 0.25) is 5.91 Å². The van der Waals surface area contributed by atoms with Gasteiger partial charge in [-0.2, -0.15) is 0 Å². The summed E-state index contributed by atoms with van der Waals surface area (Å²) in [4.78, 5) is 24.5. The van der Waals surface area contributed by atoms with E-state index < -0.39 is 23.7 Å². The van der Waals surface area contributed by atoms with E-state index in [1.165, 1.54) is 31.4 Å². The van der Waals surface area contributed by atoms with Gasteiger partial charge in [-0.15, -0.1) is 0 Å². The van der Waals surface area contributed by atoms with Crippen molar-refractivity contribution in [3.8, 4) is 5.75 Å². The molecule has 5 nitrogen and oxygen atoms in total. The molecule has 2 atom stereocenters. The van der Waals surface area contributed by atoms with Gasteiger partial charge in [-0.3, -0.25) is 9.59 Å². The van der Waals surface area contributed by atoms with E-state index in [0.29, 0.717) is 22.8 Å². The van der Waals surface area contributed by atoms with Crippen LogP contribution in [0.1, 0.15) is 23.6 Å². The van der Waals surface area contributed by atoms with E-state index in [4.69, 9.17) is 21.1 Å². The monoisotopic (exact) mass is 391 g/mol. The van der Waals surface area contributed by atoms with Crippen LogP contribution in [0.3, 0.4) is 0 Å². The molecule has 0 spiro atoms. The van der Waals surface area contributed by atoms with E-state index in [1.807, 2.05) is 0 Å². The number of amides is 1. The van der Waals surface area contributed by atoms with Crippen molar-refractivity contribution in [2.24, 2.45) is 5.92 Å². The topological polar surface area (TPSA) is 64.6 Å². The first kappa shape index (κ1) is 19.2. The summed E-state index contributed by atoms with van der Waals surface area (Å²) in [7, 11) is 1.28. The highest BCUT2D eigenvalue weighted by atomic mass is 35.5. The summed E-state index contributed by atoms with van der Waals surface area (Å²) < 4.78 is 23.6. The number of methoxy groups -OCH3 is 1. The lowest BCUT2D eigenvalue weighted by Gasteiger charge is -2.27. The largest absolute Gasteiger partial charge is 0.492 e. The molecule has 0 saturated heterocycles. The number of fused-ring (bicyclic) bond motifs is 1. The highest BCUT2D eigenvalue weighted by molar-refractivity contribution is 6.30. The van der Waals surface area contributed by atoms with Gasteiger partial charge in [0, 0.05) is 5.02 Å². The fraction of sp³-hybridized carbons (Fsp3) is 0.300. The van der Waals surface area contributed by atoms with Crippen LogP contribution >= 0.6 is 11.6 Å². The van der Waals surface area contributed by atoms with Crippen molar-refractivity contribution in [1.82, 2.24) is 5.32 Å². The molecule has 0 radical (unpaired) electrons. The van der Waals surface area contributed by atoms with E-state index in [0.717, 1.165) is 5.56 Å². The molecule has 142 valence electrons. The maximum atomic E-state index is 13.2. The average Bonchev–Trinajstić information content (AvgIpc) is 2.67. The zero-order chi connectivity index (χ0) is 19.4. The number of carbonyl (C=O) groups excluding carboxylic acids is 2. The molecule has 7 heteroatoms. The van der Waals surface area contributed by atoms with Crippen molar-refractivity contribution in [2.45, 2.75) is 18.9 Å². The van der Waals surface area contributed by atoms with E-state index in [2.05, 4.69) is 5.32 Å². The van der Waals surface area contributed by atoms with Crippen molar-refractivity contribution in [2.75, 3.05) is 13.7 Å². The van der Waals surface area contributed by atoms with E-state index in [1.54, 1.807) is 18.2 Å². The van der Waals surface area contributed by atoms with Crippen LogP contribution in [0.5, 0.6) is 5.75 Å². The molecule has 0 fully saturated rings. The molecule has 0 saturated carbocycles. The highest BCUT2D eigenvalue weighted by Crippen LogP contribution is 2.30. The molecule has 0 aromatic heterocycles. The van der Waals surface area contributed by atoms with Gasteiger partial charge in [0.25, 0.3) is 0 Å². The van der Waals surface area contributed by atoms with Crippen LogP contribution in [-0.2, 0) is 20.7 Å². The van der Waals surface area contributed by atoms with Gasteiger partial charge in [-0.25, -0.2) is 4.39 Å². The molecule has 1 N–H and O–H groups in total. The van der Waals surface area contributed by atoms with Crippen LogP contribution in [0, 0.1) is 11.7 Å². The number of esters is 1. The zero-order valence-electron chi connectivity index (χ0n) is 14.7. The summed E-state index contributed by atoms with van der Waals surface area (Å²) in [5.41, 5.74) is 1.48. The summed E-state index contributed by atoms with van der Waals surface area (Å²) in [6.07, 6.45) is 0.431. The third-order valence-electron chi connectivity index (χ3n) is 4.49. The molecular formula is C20H19ClFNO4. The quantitative estimate of drug-likeness (QED) is 0.793. The van der Waals surface area contributed by atoms with Crippen LogP contribution in [0.4, 0.5) is 4.39 Å². The lowest BCUT2D eigenvalue weighted by atomic mass is 9.95. The van der Waals surface area contributed by atoms with Gasteiger partial charge in [-0.1, -0.05) is 23.7 Å². The molecule has 1 aliphatic heterocycles. The van der Waals surface area contributed by atoms with Crippen molar-refractivity contribution in [3.05, 3.63) is 64.4 Å². The van der Waals surface area contributed by atoms with Gasteiger partial charge in [0.05, 0.1) is 25.5 Å². The first-order valence-corrected chi connectivity index (χ1v) is 8.88. The molecular weight excluding hydrogens is 373 g/mol. The van der Waals surface area contributed by atoms with Gasteiger partial charge in [-0.05, 0) is 47.9 Å². The Balaban J connectivity index is 1.74. The lowest BCUT2D eigenvalue weighted by molar-refractivity contribution is -0.141. The van der Waals surface area contributed by atoms with Gasteiger partial charge in [0.15, 0.2) is 0 Å². The Morgan fingerprint density at radius 3 is 2.74 bits per heavy atom. The predicted octanol–water partition coefficient (Wildman–Crippen LogP) is 3.45. The normalized spacial score (nSPS) is 16.6. The number of ether oxygens (including phenoxy) is 2. The van der Waals surface area contributed by atoms with Crippen LogP contribution in [0.15, 0.2) is 42.5 Å². The van der Waals surface area contributed by atoms with Crippen LogP contribution in [0.2, 0.25) is 5.02 Å². The summed E-state index contributed by atoms with van der Waals surface area (Å²) in [6.45, 7) is 0.231. The van der Waals surface area contributed by atoms with Crippen LogP contribution in [-0.4, -0.2) is 25.6 Å². The third kappa shape index (κ3) is 4.77. The Bertz CT molecular complexity index is 840. The summed E-state index contributed by atoms with van der Waals surface area (Å²) in [6, 6.07) is 10.3. The Morgan fingerprint density at radius 1 is 1.30 bits per heavy atom. The minimum absolute atomic E-state index is 0.0517. The second kappa shape index (κ2) is 8.39.